The zero-order valence-corrected chi connectivity index (χ0v) is 12.7. The minimum absolute atomic E-state index is 0.107. The number of para-hydroxylation sites is 1. The van der Waals surface area contributed by atoms with Crippen LogP contribution in [0.3, 0.4) is 0 Å². The molecule has 0 saturated carbocycles. The average molecular weight is 294 g/mol. The van der Waals surface area contributed by atoms with Gasteiger partial charge in [-0.25, -0.2) is 0 Å². The lowest BCUT2D eigenvalue weighted by atomic mass is 9.91. The van der Waals surface area contributed by atoms with Crippen LogP contribution in [0.1, 0.15) is 30.9 Å². The van der Waals surface area contributed by atoms with Crippen LogP contribution in [-0.2, 0) is 0 Å². The first-order valence-corrected chi connectivity index (χ1v) is 7.88. The topological polar surface area (TPSA) is 36.4 Å². The summed E-state index contributed by atoms with van der Waals surface area (Å²) in [6, 6.07) is 10.0. The van der Waals surface area contributed by atoms with Crippen LogP contribution in [0.4, 0.5) is 0 Å². The molecule has 1 aliphatic heterocycles. The van der Waals surface area contributed by atoms with Crippen molar-refractivity contribution in [3.8, 4) is 0 Å². The molecule has 1 aromatic heterocycles. The number of fused-ring (bicyclic) bond motifs is 1. The number of hydrogen-bond acceptors (Lipinski definition) is 3. The summed E-state index contributed by atoms with van der Waals surface area (Å²) in [4.78, 5) is 6.63. The summed E-state index contributed by atoms with van der Waals surface area (Å²) in [5.74, 6) is 0. The highest BCUT2D eigenvalue weighted by Crippen LogP contribution is 2.32. The second-order valence-electron chi connectivity index (χ2n) is 5.74. The van der Waals surface area contributed by atoms with Gasteiger partial charge in [-0.15, -0.1) is 0 Å². The van der Waals surface area contributed by atoms with Crippen LogP contribution in [-0.4, -0.2) is 27.6 Å². The molecule has 22 heavy (non-hydrogen) atoms. The van der Waals surface area contributed by atoms with Crippen LogP contribution >= 0.6 is 0 Å². The van der Waals surface area contributed by atoms with Crippen molar-refractivity contribution in [2.75, 3.05) is 6.54 Å². The first-order chi connectivity index (χ1) is 10.8. The number of aliphatic hydroxyl groups is 1. The van der Waals surface area contributed by atoms with E-state index in [0.717, 1.165) is 35.9 Å². The highest BCUT2D eigenvalue weighted by molar-refractivity contribution is 5.82. The van der Waals surface area contributed by atoms with Gasteiger partial charge in [-0.3, -0.25) is 4.98 Å². The Labute approximate surface area is 131 Å². The third kappa shape index (κ3) is 2.90. The van der Waals surface area contributed by atoms with Crippen molar-refractivity contribution in [3.63, 3.8) is 0 Å². The molecule has 2 aromatic rings. The molecular weight excluding hydrogens is 272 g/mol. The number of hydrogen-bond donors (Lipinski definition) is 1. The van der Waals surface area contributed by atoms with Crippen LogP contribution in [0.5, 0.6) is 0 Å². The van der Waals surface area contributed by atoms with E-state index in [0.29, 0.717) is 0 Å². The smallest absolute Gasteiger partial charge is 0.0999 e. The molecule has 0 radical (unpaired) electrons. The molecular formula is C19H22N2O. The molecule has 1 N–H and O–H groups in total. The Morgan fingerprint density at radius 1 is 1.27 bits per heavy atom. The van der Waals surface area contributed by atoms with Crippen molar-refractivity contribution < 1.29 is 5.11 Å². The number of allylic oxidation sites excluding steroid dienone is 2. The number of pyridine rings is 1. The summed E-state index contributed by atoms with van der Waals surface area (Å²) in [7, 11) is 0. The van der Waals surface area contributed by atoms with E-state index in [9.17, 15) is 5.11 Å². The summed E-state index contributed by atoms with van der Waals surface area (Å²) in [5.41, 5.74) is 1.90. The number of piperidine rings is 1. The van der Waals surface area contributed by atoms with Gasteiger partial charge >= 0.3 is 0 Å². The second-order valence-corrected chi connectivity index (χ2v) is 5.74. The van der Waals surface area contributed by atoms with Gasteiger partial charge < -0.3 is 10.0 Å². The van der Waals surface area contributed by atoms with Gasteiger partial charge in [0.15, 0.2) is 0 Å². The van der Waals surface area contributed by atoms with Crippen LogP contribution in [0, 0.1) is 0 Å². The Bertz CT molecular complexity index is 675. The van der Waals surface area contributed by atoms with E-state index < -0.39 is 6.10 Å². The van der Waals surface area contributed by atoms with Gasteiger partial charge in [0, 0.05) is 18.1 Å². The quantitative estimate of drug-likeness (QED) is 0.871. The van der Waals surface area contributed by atoms with Gasteiger partial charge in [0.1, 0.15) is 0 Å². The summed E-state index contributed by atoms with van der Waals surface area (Å²) in [5, 5.41) is 12.0. The first-order valence-electron chi connectivity index (χ1n) is 7.88. The van der Waals surface area contributed by atoms with E-state index in [1.165, 1.54) is 6.42 Å². The molecule has 2 heterocycles. The van der Waals surface area contributed by atoms with E-state index in [4.69, 9.17) is 0 Å². The largest absolute Gasteiger partial charge is 0.386 e. The van der Waals surface area contributed by atoms with Crippen molar-refractivity contribution in [3.05, 3.63) is 67.0 Å². The second kappa shape index (κ2) is 6.75. The third-order valence-electron chi connectivity index (χ3n) is 4.37. The highest BCUT2D eigenvalue weighted by atomic mass is 16.3. The lowest BCUT2D eigenvalue weighted by molar-refractivity contribution is 0.0527. The van der Waals surface area contributed by atoms with Crippen molar-refractivity contribution in [2.45, 2.75) is 31.4 Å². The number of likely N-dealkylation sites (tertiary alicyclic amines) is 1. The molecule has 0 aliphatic carbocycles. The maximum atomic E-state index is 11.0. The summed E-state index contributed by atoms with van der Waals surface area (Å²) < 4.78 is 0. The lowest BCUT2D eigenvalue weighted by Crippen LogP contribution is -2.39. The van der Waals surface area contributed by atoms with Crippen LogP contribution in [0.2, 0.25) is 0 Å². The molecule has 1 fully saturated rings. The van der Waals surface area contributed by atoms with Crippen molar-refractivity contribution in [1.29, 1.82) is 0 Å². The van der Waals surface area contributed by atoms with Gasteiger partial charge in [0.05, 0.1) is 17.7 Å². The summed E-state index contributed by atoms with van der Waals surface area (Å²) in [6.45, 7) is 4.71. The lowest BCUT2D eigenvalue weighted by Gasteiger charge is -2.38. The normalized spacial score (nSPS) is 20.4. The van der Waals surface area contributed by atoms with Crippen LogP contribution in [0.25, 0.3) is 10.9 Å². The van der Waals surface area contributed by atoms with E-state index in [2.05, 4.69) is 16.5 Å². The fraction of sp³-hybridized carbons (Fsp3) is 0.316. The predicted molar refractivity (Wildman–Crippen MR) is 90.4 cm³/mol. The molecule has 1 aromatic carbocycles. The minimum atomic E-state index is -0.511. The van der Waals surface area contributed by atoms with E-state index in [1.807, 2.05) is 42.6 Å². The fourth-order valence-electron chi connectivity index (χ4n) is 3.26. The summed E-state index contributed by atoms with van der Waals surface area (Å²) in [6.07, 6.45) is 10.4. The average Bonchev–Trinajstić information content (AvgIpc) is 2.59. The van der Waals surface area contributed by atoms with Gasteiger partial charge in [0.25, 0.3) is 0 Å². The monoisotopic (exact) mass is 294 g/mol. The molecule has 0 amide bonds. The SMILES string of the molecule is C=C/C=C/N1CCCC[C@H]1[C@H](O)c1ccnc2ccccc12. The Kier molecular flexibility index (Phi) is 4.54. The maximum Gasteiger partial charge on any atom is 0.0999 e. The molecule has 3 rings (SSSR count). The molecule has 1 aliphatic rings. The summed E-state index contributed by atoms with van der Waals surface area (Å²) >= 11 is 0. The van der Waals surface area contributed by atoms with Crippen LogP contribution in [0.15, 0.2) is 61.5 Å². The molecule has 114 valence electrons. The zero-order chi connectivity index (χ0) is 15.4. The molecule has 0 bridgehead atoms. The molecule has 2 atom stereocenters. The Hall–Kier alpha value is -2.13. The Morgan fingerprint density at radius 2 is 2.14 bits per heavy atom. The number of benzene rings is 1. The molecule has 3 nitrogen and oxygen atoms in total. The maximum absolute atomic E-state index is 11.0. The number of nitrogens with zero attached hydrogens (tertiary/aromatic N) is 2. The minimum Gasteiger partial charge on any atom is -0.386 e. The van der Waals surface area contributed by atoms with Gasteiger partial charge in [-0.05, 0) is 49.2 Å². The van der Waals surface area contributed by atoms with E-state index in [-0.39, 0.29) is 6.04 Å². The number of aliphatic hydroxyl groups excluding tert-OH is 1. The van der Waals surface area contributed by atoms with Gasteiger partial charge in [-0.1, -0.05) is 30.9 Å². The van der Waals surface area contributed by atoms with Crippen molar-refractivity contribution >= 4 is 10.9 Å². The number of rotatable bonds is 4. The van der Waals surface area contributed by atoms with Crippen molar-refractivity contribution in [1.82, 2.24) is 9.88 Å². The molecule has 0 spiro atoms. The van der Waals surface area contributed by atoms with Crippen LogP contribution < -0.4 is 0 Å². The standard InChI is InChI=1S/C19H22N2O/c1-2-3-13-21-14-7-6-10-18(21)19(22)16-11-12-20-17-9-5-4-8-15(16)17/h2-5,8-9,11-13,18-19,22H,1,6-7,10,14H2/b13-3+/t18-,19+/m0/s1. The van der Waals surface area contributed by atoms with Gasteiger partial charge in [0.2, 0.25) is 0 Å². The Balaban J connectivity index is 1.95. The van der Waals surface area contributed by atoms with E-state index >= 15 is 0 Å². The fourth-order valence-corrected chi connectivity index (χ4v) is 3.26. The Morgan fingerprint density at radius 3 is 3.00 bits per heavy atom. The van der Waals surface area contributed by atoms with E-state index in [1.54, 1.807) is 12.3 Å². The highest BCUT2D eigenvalue weighted by Gasteiger charge is 2.28. The molecule has 1 saturated heterocycles. The zero-order valence-electron chi connectivity index (χ0n) is 12.7. The first kappa shape index (κ1) is 14.8. The molecule has 0 unspecified atom stereocenters. The number of aromatic nitrogens is 1. The van der Waals surface area contributed by atoms with Gasteiger partial charge in [-0.2, -0.15) is 0 Å². The molecule has 3 heteroatoms. The predicted octanol–water partition coefficient (Wildman–Crippen LogP) is 3.82. The third-order valence-corrected chi connectivity index (χ3v) is 4.37. The van der Waals surface area contributed by atoms with Crippen molar-refractivity contribution in [2.24, 2.45) is 0 Å².